The molecule has 0 spiro atoms. The third-order valence-electron chi connectivity index (χ3n) is 2.67. The SMILES string of the molecule is CN(C)S(=O)(=O)c1ccc(NC(=O)c2ccoc2)cc1. The normalized spacial score (nSPS) is 11.6. The quantitative estimate of drug-likeness (QED) is 0.932. The number of benzene rings is 1. The van der Waals surface area contributed by atoms with Crippen LogP contribution >= 0.6 is 0 Å². The van der Waals surface area contributed by atoms with Crippen molar-refractivity contribution in [2.24, 2.45) is 0 Å². The molecule has 0 aliphatic rings. The van der Waals surface area contributed by atoms with Crippen molar-refractivity contribution < 1.29 is 17.6 Å². The molecule has 2 rings (SSSR count). The number of nitrogens with zero attached hydrogens (tertiary/aromatic N) is 1. The summed E-state index contributed by atoms with van der Waals surface area (Å²) in [4.78, 5) is 11.9. The van der Waals surface area contributed by atoms with Crippen molar-refractivity contribution >= 4 is 21.6 Å². The molecule has 7 heteroatoms. The number of anilines is 1. The van der Waals surface area contributed by atoms with E-state index in [4.69, 9.17) is 4.42 Å². The first-order chi connectivity index (χ1) is 9.41. The molecule has 0 radical (unpaired) electrons. The maximum absolute atomic E-state index is 11.9. The average molecular weight is 294 g/mol. The Bertz CT molecular complexity index is 688. The molecule has 6 nitrogen and oxygen atoms in total. The van der Waals surface area contributed by atoms with Crippen molar-refractivity contribution in [1.29, 1.82) is 0 Å². The predicted octanol–water partition coefficient (Wildman–Crippen LogP) is 1.78. The first kappa shape index (κ1) is 14.3. The molecule has 1 aromatic heterocycles. The van der Waals surface area contributed by atoms with Gasteiger partial charge in [-0.05, 0) is 30.3 Å². The zero-order valence-corrected chi connectivity index (χ0v) is 11.8. The number of carbonyl (C=O) groups excluding carboxylic acids is 1. The van der Waals surface area contributed by atoms with Gasteiger partial charge in [-0.15, -0.1) is 0 Å². The lowest BCUT2D eigenvalue weighted by molar-refractivity contribution is 0.102. The number of hydrogen-bond donors (Lipinski definition) is 1. The second-order valence-corrected chi connectivity index (χ2v) is 6.43. The molecule has 2 aromatic rings. The Morgan fingerprint density at radius 3 is 2.30 bits per heavy atom. The van der Waals surface area contributed by atoms with Gasteiger partial charge < -0.3 is 9.73 Å². The van der Waals surface area contributed by atoms with E-state index in [0.29, 0.717) is 11.3 Å². The fourth-order valence-corrected chi connectivity index (χ4v) is 2.42. The number of sulfonamides is 1. The molecule has 0 aliphatic carbocycles. The molecule has 0 unspecified atom stereocenters. The standard InChI is InChI=1S/C13H14N2O4S/c1-15(2)20(17,18)12-5-3-11(4-6-12)14-13(16)10-7-8-19-9-10/h3-9H,1-2H3,(H,14,16). The van der Waals surface area contributed by atoms with Crippen molar-refractivity contribution in [3.8, 4) is 0 Å². The second-order valence-electron chi connectivity index (χ2n) is 4.28. The summed E-state index contributed by atoms with van der Waals surface area (Å²) < 4.78 is 29.7. The smallest absolute Gasteiger partial charge is 0.258 e. The molecule has 106 valence electrons. The van der Waals surface area contributed by atoms with Crippen molar-refractivity contribution in [3.05, 3.63) is 48.4 Å². The summed E-state index contributed by atoms with van der Waals surface area (Å²) in [5, 5.41) is 2.64. The lowest BCUT2D eigenvalue weighted by Gasteiger charge is -2.11. The number of furan rings is 1. The van der Waals surface area contributed by atoms with Crippen LogP contribution in [0.2, 0.25) is 0 Å². The molecule has 1 aromatic carbocycles. The van der Waals surface area contributed by atoms with Gasteiger partial charge in [0.1, 0.15) is 6.26 Å². The molecule has 0 bridgehead atoms. The van der Waals surface area contributed by atoms with E-state index in [0.717, 1.165) is 4.31 Å². The van der Waals surface area contributed by atoms with Crippen molar-refractivity contribution in [3.63, 3.8) is 0 Å². The Balaban J connectivity index is 2.15. The van der Waals surface area contributed by atoms with Gasteiger partial charge in [0.2, 0.25) is 10.0 Å². The Kier molecular flexibility index (Phi) is 3.91. The van der Waals surface area contributed by atoms with Crippen LogP contribution in [0.25, 0.3) is 0 Å². The number of carbonyl (C=O) groups is 1. The lowest BCUT2D eigenvalue weighted by atomic mass is 10.3. The summed E-state index contributed by atoms with van der Waals surface area (Å²) in [5.74, 6) is -0.318. The van der Waals surface area contributed by atoms with Crippen LogP contribution in [0.5, 0.6) is 0 Å². The molecule has 1 amide bonds. The first-order valence-electron chi connectivity index (χ1n) is 5.77. The largest absolute Gasteiger partial charge is 0.472 e. The highest BCUT2D eigenvalue weighted by Gasteiger charge is 2.16. The van der Waals surface area contributed by atoms with E-state index in [1.54, 1.807) is 6.07 Å². The average Bonchev–Trinajstić information content (AvgIpc) is 2.93. The Labute approximate surface area is 117 Å². The fraction of sp³-hybridized carbons (Fsp3) is 0.154. The Morgan fingerprint density at radius 1 is 1.15 bits per heavy atom. The first-order valence-corrected chi connectivity index (χ1v) is 7.21. The number of hydrogen-bond acceptors (Lipinski definition) is 4. The van der Waals surface area contributed by atoms with Crippen molar-refractivity contribution in [1.82, 2.24) is 4.31 Å². The molecule has 0 fully saturated rings. The summed E-state index contributed by atoms with van der Waals surface area (Å²) in [6, 6.07) is 7.50. The van der Waals surface area contributed by atoms with Crippen LogP contribution in [-0.2, 0) is 10.0 Å². The van der Waals surface area contributed by atoms with Gasteiger partial charge in [0.05, 0.1) is 16.7 Å². The van der Waals surface area contributed by atoms with Gasteiger partial charge in [-0.25, -0.2) is 12.7 Å². The van der Waals surface area contributed by atoms with Gasteiger partial charge >= 0.3 is 0 Å². The van der Waals surface area contributed by atoms with Crippen LogP contribution in [0.15, 0.2) is 52.2 Å². The predicted molar refractivity (Wildman–Crippen MR) is 74.0 cm³/mol. The van der Waals surface area contributed by atoms with Crippen LogP contribution in [0, 0.1) is 0 Å². The van der Waals surface area contributed by atoms with Crippen LogP contribution < -0.4 is 5.32 Å². The highest BCUT2D eigenvalue weighted by Crippen LogP contribution is 2.17. The summed E-state index contributed by atoms with van der Waals surface area (Å²) >= 11 is 0. The maximum atomic E-state index is 11.9. The van der Waals surface area contributed by atoms with E-state index >= 15 is 0 Å². The van der Waals surface area contributed by atoms with E-state index in [9.17, 15) is 13.2 Å². The van der Waals surface area contributed by atoms with Gasteiger partial charge in [-0.1, -0.05) is 0 Å². The Morgan fingerprint density at radius 2 is 1.80 bits per heavy atom. The monoisotopic (exact) mass is 294 g/mol. The summed E-state index contributed by atoms with van der Waals surface area (Å²) in [7, 11) is -0.535. The number of rotatable bonds is 4. The molecule has 1 N–H and O–H groups in total. The van der Waals surface area contributed by atoms with Crippen molar-refractivity contribution in [2.75, 3.05) is 19.4 Å². The van der Waals surface area contributed by atoms with E-state index in [1.165, 1.54) is 50.9 Å². The number of amides is 1. The van der Waals surface area contributed by atoms with E-state index in [2.05, 4.69) is 5.32 Å². The molecular weight excluding hydrogens is 280 g/mol. The van der Waals surface area contributed by atoms with Crippen molar-refractivity contribution in [2.45, 2.75) is 4.90 Å². The molecule has 0 atom stereocenters. The Hall–Kier alpha value is -2.12. The van der Waals surface area contributed by atoms with Gasteiger partial charge in [0, 0.05) is 19.8 Å². The highest BCUT2D eigenvalue weighted by molar-refractivity contribution is 7.89. The zero-order valence-electron chi connectivity index (χ0n) is 11.0. The zero-order chi connectivity index (χ0) is 14.8. The van der Waals surface area contributed by atoms with Crippen LogP contribution in [-0.4, -0.2) is 32.7 Å². The molecular formula is C13H14N2O4S. The molecule has 0 saturated carbocycles. The fourth-order valence-electron chi connectivity index (χ4n) is 1.52. The topological polar surface area (TPSA) is 79.6 Å². The van der Waals surface area contributed by atoms with Gasteiger partial charge in [0.15, 0.2) is 0 Å². The minimum absolute atomic E-state index is 0.170. The van der Waals surface area contributed by atoms with Gasteiger partial charge in [-0.3, -0.25) is 4.79 Å². The minimum atomic E-state index is -3.46. The van der Waals surface area contributed by atoms with Crippen LogP contribution in [0.1, 0.15) is 10.4 Å². The van der Waals surface area contributed by atoms with Gasteiger partial charge in [0.25, 0.3) is 5.91 Å². The summed E-state index contributed by atoms with van der Waals surface area (Å²) in [6.07, 6.45) is 2.74. The van der Waals surface area contributed by atoms with E-state index in [1.807, 2.05) is 0 Å². The second kappa shape index (κ2) is 5.48. The summed E-state index contributed by atoms with van der Waals surface area (Å²) in [6.45, 7) is 0. The third kappa shape index (κ3) is 2.89. The number of nitrogens with one attached hydrogen (secondary N) is 1. The maximum Gasteiger partial charge on any atom is 0.258 e. The molecule has 20 heavy (non-hydrogen) atoms. The molecule has 0 saturated heterocycles. The third-order valence-corrected chi connectivity index (χ3v) is 4.50. The minimum Gasteiger partial charge on any atom is -0.472 e. The van der Waals surface area contributed by atoms with Crippen LogP contribution in [0.3, 0.4) is 0 Å². The lowest BCUT2D eigenvalue weighted by Crippen LogP contribution is -2.22. The van der Waals surface area contributed by atoms with Crippen LogP contribution in [0.4, 0.5) is 5.69 Å². The summed E-state index contributed by atoms with van der Waals surface area (Å²) in [5.41, 5.74) is 0.906. The highest BCUT2D eigenvalue weighted by atomic mass is 32.2. The van der Waals surface area contributed by atoms with E-state index < -0.39 is 10.0 Å². The van der Waals surface area contributed by atoms with E-state index in [-0.39, 0.29) is 10.8 Å². The molecule has 1 heterocycles. The molecule has 0 aliphatic heterocycles. The van der Waals surface area contributed by atoms with Gasteiger partial charge in [-0.2, -0.15) is 0 Å².